The molecule has 92 valence electrons. The summed E-state index contributed by atoms with van der Waals surface area (Å²) >= 11 is 0. The summed E-state index contributed by atoms with van der Waals surface area (Å²) in [7, 11) is 0. The molecule has 0 bridgehead atoms. The van der Waals surface area contributed by atoms with Crippen molar-refractivity contribution in [2.45, 2.75) is 39.7 Å². The molecule has 0 radical (unpaired) electrons. The lowest BCUT2D eigenvalue weighted by atomic mass is 10.2. The summed E-state index contributed by atoms with van der Waals surface area (Å²) in [5.41, 5.74) is 2.72. The highest BCUT2D eigenvalue weighted by molar-refractivity contribution is 5.16. The van der Waals surface area contributed by atoms with Crippen molar-refractivity contribution in [3.8, 4) is 0 Å². The summed E-state index contributed by atoms with van der Waals surface area (Å²) in [6.45, 7) is 4.94. The number of benzene rings is 1. The maximum atomic E-state index is 3.50. The first-order valence-corrected chi connectivity index (χ1v) is 6.57. The normalized spacial score (nSPS) is 14.1. The van der Waals surface area contributed by atoms with Crippen LogP contribution in [0.4, 0.5) is 0 Å². The van der Waals surface area contributed by atoms with Gasteiger partial charge in [-0.05, 0) is 24.8 Å². The van der Waals surface area contributed by atoms with Gasteiger partial charge in [-0.1, -0.05) is 62.4 Å². The van der Waals surface area contributed by atoms with Gasteiger partial charge in [-0.3, -0.25) is 0 Å². The highest BCUT2D eigenvalue weighted by Gasteiger charge is 1.98. The van der Waals surface area contributed by atoms with Gasteiger partial charge in [-0.25, -0.2) is 0 Å². The second kappa shape index (κ2) is 8.63. The van der Waals surface area contributed by atoms with Crippen molar-refractivity contribution in [3.05, 3.63) is 59.8 Å². The molecule has 0 aromatic heterocycles. The zero-order chi connectivity index (χ0) is 12.3. The first-order chi connectivity index (χ1) is 8.45. The van der Waals surface area contributed by atoms with E-state index in [4.69, 9.17) is 0 Å². The van der Waals surface area contributed by atoms with Gasteiger partial charge < -0.3 is 5.32 Å². The Morgan fingerprint density at radius 3 is 2.59 bits per heavy atom. The van der Waals surface area contributed by atoms with Gasteiger partial charge in [0.1, 0.15) is 0 Å². The topological polar surface area (TPSA) is 12.0 Å². The van der Waals surface area contributed by atoms with Crippen LogP contribution in [0.1, 0.15) is 38.7 Å². The van der Waals surface area contributed by atoms with Crippen LogP contribution in [-0.2, 0) is 6.54 Å². The minimum atomic E-state index is 0.937. The maximum absolute atomic E-state index is 3.50. The predicted octanol–water partition coefficient (Wildman–Crippen LogP) is 4.43. The lowest BCUT2D eigenvalue weighted by Gasteiger charge is -2.09. The molecule has 0 amide bonds. The average molecular weight is 229 g/mol. The van der Waals surface area contributed by atoms with Crippen LogP contribution in [0.15, 0.2) is 54.3 Å². The minimum absolute atomic E-state index is 0.937. The van der Waals surface area contributed by atoms with E-state index in [-0.39, 0.29) is 0 Å². The van der Waals surface area contributed by atoms with Crippen molar-refractivity contribution >= 4 is 0 Å². The Bertz CT molecular complexity index is 349. The van der Waals surface area contributed by atoms with Crippen LogP contribution in [-0.4, -0.2) is 0 Å². The van der Waals surface area contributed by atoms with E-state index in [0.29, 0.717) is 0 Å². The molecular weight excluding hydrogens is 206 g/mol. The monoisotopic (exact) mass is 229 g/mol. The van der Waals surface area contributed by atoms with E-state index in [1.165, 1.54) is 11.3 Å². The summed E-state index contributed by atoms with van der Waals surface area (Å²) in [6.07, 6.45) is 10.1. The highest BCUT2D eigenvalue weighted by atomic mass is 14.9. The van der Waals surface area contributed by atoms with Crippen LogP contribution in [0.25, 0.3) is 0 Å². The van der Waals surface area contributed by atoms with Crippen LogP contribution in [0.3, 0.4) is 0 Å². The third-order valence-electron chi connectivity index (χ3n) is 2.61. The van der Waals surface area contributed by atoms with Gasteiger partial charge in [-0.15, -0.1) is 0 Å². The fraction of sp³-hybridized carbons (Fsp3) is 0.375. The van der Waals surface area contributed by atoms with Gasteiger partial charge in [0, 0.05) is 12.2 Å². The Morgan fingerprint density at radius 1 is 1.06 bits per heavy atom. The van der Waals surface area contributed by atoms with E-state index in [0.717, 1.165) is 25.8 Å². The summed E-state index contributed by atoms with van der Waals surface area (Å²) in [4.78, 5) is 0. The Kier molecular flexibility index (Phi) is 6.89. The van der Waals surface area contributed by atoms with Crippen molar-refractivity contribution in [2.24, 2.45) is 0 Å². The summed E-state index contributed by atoms with van der Waals surface area (Å²) < 4.78 is 0. The minimum Gasteiger partial charge on any atom is -0.385 e. The van der Waals surface area contributed by atoms with E-state index < -0.39 is 0 Å². The van der Waals surface area contributed by atoms with Crippen molar-refractivity contribution in [2.75, 3.05) is 0 Å². The third-order valence-corrected chi connectivity index (χ3v) is 2.61. The number of allylic oxidation sites excluding steroid dienone is 4. The molecule has 0 unspecified atom stereocenters. The molecule has 0 saturated carbocycles. The molecule has 0 fully saturated rings. The number of hydrogen-bond acceptors (Lipinski definition) is 1. The van der Waals surface area contributed by atoms with E-state index in [9.17, 15) is 0 Å². The standard InChI is InChI=1S/C14H17N.C2H6/c1-2-7-11-14(10-6-1)15-12-13-8-4-3-5-9-13;1-2/h1-5,8-10,15H,6-7,11-12H2;1-2H3. The summed E-state index contributed by atoms with van der Waals surface area (Å²) in [5, 5.41) is 3.50. The van der Waals surface area contributed by atoms with Crippen LogP contribution >= 0.6 is 0 Å². The SMILES string of the molecule is C1=CCCC(NCc2ccccc2)=CC1.CC. The maximum Gasteiger partial charge on any atom is 0.0397 e. The molecule has 1 nitrogen and oxygen atoms in total. The third kappa shape index (κ3) is 5.39. The van der Waals surface area contributed by atoms with E-state index in [1.807, 2.05) is 13.8 Å². The molecule has 17 heavy (non-hydrogen) atoms. The van der Waals surface area contributed by atoms with E-state index in [2.05, 4.69) is 53.9 Å². The van der Waals surface area contributed by atoms with Gasteiger partial charge in [0.2, 0.25) is 0 Å². The lowest BCUT2D eigenvalue weighted by Crippen LogP contribution is -2.12. The molecule has 0 spiro atoms. The van der Waals surface area contributed by atoms with Crippen molar-refractivity contribution in [1.82, 2.24) is 5.32 Å². The zero-order valence-corrected chi connectivity index (χ0v) is 10.9. The van der Waals surface area contributed by atoms with E-state index in [1.54, 1.807) is 0 Å². The zero-order valence-electron chi connectivity index (χ0n) is 10.9. The Labute approximate surface area is 105 Å². The summed E-state index contributed by atoms with van der Waals surface area (Å²) in [5.74, 6) is 0. The van der Waals surface area contributed by atoms with Gasteiger partial charge in [0.25, 0.3) is 0 Å². The fourth-order valence-corrected chi connectivity index (χ4v) is 1.74. The predicted molar refractivity (Wildman–Crippen MR) is 75.7 cm³/mol. The largest absolute Gasteiger partial charge is 0.385 e. The van der Waals surface area contributed by atoms with Crippen LogP contribution < -0.4 is 5.32 Å². The molecule has 1 N–H and O–H groups in total. The Hall–Kier alpha value is -1.50. The molecule has 1 heteroatoms. The van der Waals surface area contributed by atoms with Crippen molar-refractivity contribution < 1.29 is 0 Å². The second-order valence-corrected chi connectivity index (χ2v) is 3.81. The van der Waals surface area contributed by atoms with Gasteiger partial charge in [0.15, 0.2) is 0 Å². The van der Waals surface area contributed by atoms with Crippen molar-refractivity contribution in [3.63, 3.8) is 0 Å². The van der Waals surface area contributed by atoms with Gasteiger partial charge in [-0.2, -0.15) is 0 Å². The summed E-state index contributed by atoms with van der Waals surface area (Å²) in [6, 6.07) is 10.5. The first kappa shape index (κ1) is 13.6. The van der Waals surface area contributed by atoms with E-state index >= 15 is 0 Å². The molecule has 1 aromatic carbocycles. The molecule has 1 aliphatic rings. The van der Waals surface area contributed by atoms with Crippen LogP contribution in [0.5, 0.6) is 0 Å². The molecule has 1 aliphatic carbocycles. The quantitative estimate of drug-likeness (QED) is 0.756. The van der Waals surface area contributed by atoms with Crippen molar-refractivity contribution in [1.29, 1.82) is 0 Å². The fourth-order valence-electron chi connectivity index (χ4n) is 1.74. The second-order valence-electron chi connectivity index (χ2n) is 3.81. The molecule has 1 aromatic rings. The smallest absolute Gasteiger partial charge is 0.0397 e. The number of rotatable bonds is 3. The van der Waals surface area contributed by atoms with Gasteiger partial charge >= 0.3 is 0 Å². The first-order valence-electron chi connectivity index (χ1n) is 6.57. The molecular formula is C16H23N. The average Bonchev–Trinajstić information content (AvgIpc) is 2.68. The van der Waals surface area contributed by atoms with Crippen LogP contribution in [0, 0.1) is 0 Å². The number of hydrogen-bond donors (Lipinski definition) is 1. The highest BCUT2D eigenvalue weighted by Crippen LogP contribution is 2.10. The Morgan fingerprint density at radius 2 is 1.82 bits per heavy atom. The number of nitrogens with one attached hydrogen (secondary N) is 1. The lowest BCUT2D eigenvalue weighted by molar-refractivity contribution is 0.752. The molecule has 0 aliphatic heterocycles. The molecule has 0 saturated heterocycles. The Balaban J connectivity index is 0.000000686. The van der Waals surface area contributed by atoms with Crippen LogP contribution in [0.2, 0.25) is 0 Å². The molecule has 0 atom stereocenters. The molecule has 0 heterocycles. The van der Waals surface area contributed by atoms with Gasteiger partial charge in [0.05, 0.1) is 0 Å². The molecule has 2 rings (SSSR count).